The highest BCUT2D eigenvalue weighted by molar-refractivity contribution is 5.97. The Morgan fingerprint density at radius 3 is 2.57 bits per heavy atom. The fourth-order valence-corrected chi connectivity index (χ4v) is 2.67. The van der Waals surface area contributed by atoms with E-state index in [1.165, 1.54) is 4.68 Å². The van der Waals surface area contributed by atoms with Crippen LogP contribution in [0.4, 0.5) is 11.5 Å². The third-order valence-corrected chi connectivity index (χ3v) is 4.46. The van der Waals surface area contributed by atoms with Crippen LogP contribution in [-0.2, 0) is 17.9 Å². The largest absolute Gasteiger partial charge is 0.382 e. The van der Waals surface area contributed by atoms with Gasteiger partial charge in [-0.25, -0.2) is 4.68 Å². The molecule has 3 rings (SSSR count). The fourth-order valence-electron chi connectivity index (χ4n) is 2.67. The monoisotopic (exact) mass is 378 g/mol. The summed E-state index contributed by atoms with van der Waals surface area (Å²) in [5, 5.41) is 13.2. The van der Waals surface area contributed by atoms with E-state index >= 15 is 0 Å². The van der Waals surface area contributed by atoms with E-state index in [2.05, 4.69) is 20.9 Å². The SMILES string of the molecule is Cc1cccc(NC(=O)Cn2nnc(C(=O)NCc3ccccc3)c2N)c1C. The Morgan fingerprint density at radius 1 is 1.07 bits per heavy atom. The highest BCUT2D eigenvalue weighted by atomic mass is 16.2. The summed E-state index contributed by atoms with van der Waals surface area (Å²) in [7, 11) is 0. The van der Waals surface area contributed by atoms with Gasteiger partial charge in [-0.1, -0.05) is 47.7 Å². The quantitative estimate of drug-likeness (QED) is 0.607. The first-order valence-corrected chi connectivity index (χ1v) is 8.83. The maximum atomic E-state index is 12.3. The average molecular weight is 378 g/mol. The molecule has 1 aromatic heterocycles. The van der Waals surface area contributed by atoms with Crippen molar-refractivity contribution in [3.8, 4) is 0 Å². The predicted molar refractivity (Wildman–Crippen MR) is 107 cm³/mol. The van der Waals surface area contributed by atoms with Crippen molar-refractivity contribution in [3.63, 3.8) is 0 Å². The summed E-state index contributed by atoms with van der Waals surface area (Å²) in [6, 6.07) is 15.2. The number of aromatic nitrogens is 3. The zero-order valence-corrected chi connectivity index (χ0v) is 15.8. The minimum atomic E-state index is -0.442. The molecule has 0 aliphatic heterocycles. The first-order valence-electron chi connectivity index (χ1n) is 8.83. The van der Waals surface area contributed by atoms with Crippen molar-refractivity contribution in [1.82, 2.24) is 20.3 Å². The van der Waals surface area contributed by atoms with Crippen LogP contribution in [0.15, 0.2) is 48.5 Å². The maximum absolute atomic E-state index is 12.3. The van der Waals surface area contributed by atoms with Crippen LogP contribution in [0.5, 0.6) is 0 Å². The van der Waals surface area contributed by atoms with Crippen LogP contribution in [0.1, 0.15) is 27.2 Å². The molecule has 0 saturated heterocycles. The zero-order valence-electron chi connectivity index (χ0n) is 15.8. The maximum Gasteiger partial charge on any atom is 0.275 e. The van der Waals surface area contributed by atoms with Crippen molar-refractivity contribution in [2.24, 2.45) is 0 Å². The Morgan fingerprint density at radius 2 is 1.82 bits per heavy atom. The second-order valence-electron chi connectivity index (χ2n) is 6.44. The molecule has 0 spiro atoms. The molecule has 0 radical (unpaired) electrons. The number of hydrogen-bond donors (Lipinski definition) is 3. The number of amides is 2. The number of carbonyl (C=O) groups is 2. The molecule has 3 aromatic rings. The molecule has 0 unspecified atom stereocenters. The lowest BCUT2D eigenvalue weighted by Gasteiger charge is -2.10. The predicted octanol–water partition coefficient (Wildman–Crippen LogP) is 2.05. The van der Waals surface area contributed by atoms with E-state index in [-0.39, 0.29) is 24.0 Å². The van der Waals surface area contributed by atoms with Gasteiger partial charge in [-0.3, -0.25) is 9.59 Å². The molecule has 144 valence electrons. The van der Waals surface area contributed by atoms with E-state index in [1.807, 2.05) is 62.4 Å². The standard InChI is InChI=1S/C20H22N6O2/c1-13-7-6-10-16(14(13)2)23-17(27)12-26-19(21)18(24-25-26)20(28)22-11-15-8-4-3-5-9-15/h3-10H,11-12,21H2,1-2H3,(H,22,28)(H,23,27). The van der Waals surface area contributed by atoms with E-state index in [4.69, 9.17) is 5.73 Å². The van der Waals surface area contributed by atoms with E-state index in [0.29, 0.717) is 6.54 Å². The number of nitrogens with one attached hydrogen (secondary N) is 2. The summed E-state index contributed by atoms with van der Waals surface area (Å²) >= 11 is 0. The molecule has 0 aliphatic carbocycles. The van der Waals surface area contributed by atoms with Crippen LogP contribution >= 0.6 is 0 Å². The molecule has 8 heteroatoms. The summed E-state index contributed by atoms with van der Waals surface area (Å²) in [5.41, 5.74) is 9.71. The van der Waals surface area contributed by atoms with Crippen molar-refractivity contribution >= 4 is 23.3 Å². The number of aryl methyl sites for hydroxylation is 1. The lowest BCUT2D eigenvalue weighted by atomic mass is 10.1. The summed E-state index contributed by atoms with van der Waals surface area (Å²) in [5.74, 6) is -0.703. The van der Waals surface area contributed by atoms with Crippen molar-refractivity contribution < 1.29 is 9.59 Å². The van der Waals surface area contributed by atoms with E-state index in [0.717, 1.165) is 22.4 Å². The molecule has 0 aliphatic rings. The van der Waals surface area contributed by atoms with Gasteiger partial charge in [0.15, 0.2) is 11.5 Å². The fraction of sp³-hybridized carbons (Fsp3) is 0.200. The van der Waals surface area contributed by atoms with Crippen molar-refractivity contribution in [2.45, 2.75) is 26.9 Å². The molecule has 2 aromatic carbocycles. The van der Waals surface area contributed by atoms with Gasteiger partial charge in [0.05, 0.1) is 0 Å². The van der Waals surface area contributed by atoms with Crippen LogP contribution in [0, 0.1) is 13.8 Å². The van der Waals surface area contributed by atoms with Crippen molar-refractivity contribution in [3.05, 3.63) is 70.9 Å². The smallest absolute Gasteiger partial charge is 0.275 e. The van der Waals surface area contributed by atoms with E-state index in [9.17, 15) is 9.59 Å². The summed E-state index contributed by atoms with van der Waals surface area (Å²) in [4.78, 5) is 24.6. The number of nitrogens with two attached hydrogens (primary N) is 1. The third kappa shape index (κ3) is 4.35. The number of anilines is 2. The second kappa shape index (κ2) is 8.34. The molecular formula is C20H22N6O2. The molecule has 28 heavy (non-hydrogen) atoms. The third-order valence-electron chi connectivity index (χ3n) is 4.46. The number of carbonyl (C=O) groups excluding carboxylic acids is 2. The van der Waals surface area contributed by atoms with Crippen LogP contribution in [0.3, 0.4) is 0 Å². The number of nitrogens with zero attached hydrogens (tertiary/aromatic N) is 3. The Kier molecular flexibility index (Phi) is 5.69. The van der Waals surface area contributed by atoms with Gasteiger partial charge >= 0.3 is 0 Å². The van der Waals surface area contributed by atoms with Crippen LogP contribution in [0.2, 0.25) is 0 Å². The molecule has 0 saturated carbocycles. The lowest BCUT2D eigenvalue weighted by molar-refractivity contribution is -0.116. The van der Waals surface area contributed by atoms with Gasteiger partial charge in [0.2, 0.25) is 5.91 Å². The molecule has 2 amide bonds. The van der Waals surface area contributed by atoms with Crippen LogP contribution < -0.4 is 16.4 Å². The summed E-state index contributed by atoms with van der Waals surface area (Å²) in [6.45, 7) is 4.11. The molecule has 8 nitrogen and oxygen atoms in total. The molecule has 0 atom stereocenters. The van der Waals surface area contributed by atoms with E-state index in [1.54, 1.807) is 0 Å². The average Bonchev–Trinajstić information content (AvgIpc) is 3.05. The summed E-state index contributed by atoms with van der Waals surface area (Å²) < 4.78 is 1.21. The van der Waals surface area contributed by atoms with Gasteiger partial charge in [0.25, 0.3) is 5.91 Å². The van der Waals surface area contributed by atoms with Crippen LogP contribution in [-0.4, -0.2) is 26.8 Å². The highest BCUT2D eigenvalue weighted by Crippen LogP contribution is 2.18. The van der Waals surface area contributed by atoms with Gasteiger partial charge in [-0.2, -0.15) is 0 Å². The molecule has 0 bridgehead atoms. The lowest BCUT2D eigenvalue weighted by Crippen LogP contribution is -2.25. The first-order chi connectivity index (χ1) is 13.5. The molecule has 0 fully saturated rings. The van der Waals surface area contributed by atoms with Crippen molar-refractivity contribution in [2.75, 3.05) is 11.1 Å². The first kappa shape index (κ1) is 19.1. The topological polar surface area (TPSA) is 115 Å². The second-order valence-corrected chi connectivity index (χ2v) is 6.44. The number of benzene rings is 2. The Bertz CT molecular complexity index is 997. The number of nitrogen functional groups attached to an aromatic ring is 1. The minimum absolute atomic E-state index is 0.00420. The number of rotatable bonds is 6. The van der Waals surface area contributed by atoms with Gasteiger partial charge in [0, 0.05) is 12.2 Å². The van der Waals surface area contributed by atoms with Gasteiger partial charge in [-0.15, -0.1) is 5.10 Å². The van der Waals surface area contributed by atoms with Gasteiger partial charge in [0.1, 0.15) is 6.54 Å². The van der Waals surface area contributed by atoms with E-state index < -0.39 is 5.91 Å². The number of hydrogen-bond acceptors (Lipinski definition) is 5. The Balaban J connectivity index is 1.63. The highest BCUT2D eigenvalue weighted by Gasteiger charge is 2.19. The van der Waals surface area contributed by atoms with Gasteiger partial charge in [-0.05, 0) is 36.6 Å². The zero-order chi connectivity index (χ0) is 20.1. The Hall–Kier alpha value is -3.68. The van der Waals surface area contributed by atoms with Crippen LogP contribution in [0.25, 0.3) is 0 Å². The molecule has 4 N–H and O–H groups in total. The minimum Gasteiger partial charge on any atom is -0.382 e. The molecule has 1 heterocycles. The Labute approximate surface area is 162 Å². The van der Waals surface area contributed by atoms with Crippen molar-refractivity contribution in [1.29, 1.82) is 0 Å². The normalized spacial score (nSPS) is 10.5. The molecular weight excluding hydrogens is 356 g/mol. The van der Waals surface area contributed by atoms with Gasteiger partial charge < -0.3 is 16.4 Å². The summed E-state index contributed by atoms with van der Waals surface area (Å²) in [6.07, 6.45) is 0.